The van der Waals surface area contributed by atoms with Gasteiger partial charge in [-0.05, 0) is 76.4 Å². The van der Waals surface area contributed by atoms with Crippen molar-refractivity contribution in [2.45, 2.75) is 62.5 Å². The average Bonchev–Trinajstić information content (AvgIpc) is 3.37. The number of nitrogens with zero attached hydrogens (tertiary/aromatic N) is 4. The fourth-order valence-corrected chi connectivity index (χ4v) is 6.07. The highest BCUT2D eigenvalue weighted by Gasteiger charge is 2.27. The summed E-state index contributed by atoms with van der Waals surface area (Å²) in [5.41, 5.74) is 2.90. The second-order valence-electron chi connectivity index (χ2n) is 10.5. The van der Waals surface area contributed by atoms with Gasteiger partial charge in [-0.2, -0.15) is 8.42 Å². The fraction of sp³-hybridized carbons (Fsp3) is 0.414. The number of piperidine rings is 1. The molecule has 2 aromatic heterocycles. The van der Waals surface area contributed by atoms with E-state index >= 15 is 0 Å². The predicted octanol–water partition coefficient (Wildman–Crippen LogP) is 4.01. The molecule has 0 aliphatic carbocycles. The number of aliphatic hydroxyl groups excluding tert-OH is 1. The van der Waals surface area contributed by atoms with Crippen molar-refractivity contribution in [3.8, 4) is 0 Å². The lowest BCUT2D eigenvalue weighted by atomic mass is 9.91. The number of aliphatic hydroxyl groups is 1. The minimum Gasteiger partial charge on any atom is -0.385 e. The second-order valence-corrected chi connectivity index (χ2v) is 11.9. The number of hydrogen-bond donors (Lipinski definition) is 2. The first kappa shape index (κ1) is 29.1. The number of halogens is 1. The number of aryl methyl sites for hydroxylation is 1. The molecule has 2 aliphatic rings. The Hall–Kier alpha value is -3.45. The van der Waals surface area contributed by atoms with E-state index in [0.717, 1.165) is 61.2 Å². The van der Waals surface area contributed by atoms with Gasteiger partial charge >= 0.3 is 0 Å². The van der Waals surface area contributed by atoms with E-state index in [9.17, 15) is 22.7 Å². The zero-order valence-corrected chi connectivity index (χ0v) is 23.6. The van der Waals surface area contributed by atoms with Crippen LogP contribution < -0.4 is 5.56 Å². The van der Waals surface area contributed by atoms with Crippen LogP contribution in [-0.2, 0) is 23.1 Å². The molecule has 4 aromatic rings. The summed E-state index contributed by atoms with van der Waals surface area (Å²) in [6.07, 6.45) is 3.38. The summed E-state index contributed by atoms with van der Waals surface area (Å²) in [5.74, 6) is 0.489. The predicted molar refractivity (Wildman–Crippen MR) is 150 cm³/mol. The fourth-order valence-electron chi connectivity index (χ4n) is 5.57. The van der Waals surface area contributed by atoms with Crippen molar-refractivity contribution in [2.24, 2.45) is 0 Å². The lowest BCUT2D eigenvalue weighted by Gasteiger charge is -2.31. The summed E-state index contributed by atoms with van der Waals surface area (Å²) in [5, 5.41) is 15.3. The maximum atomic E-state index is 13.4. The van der Waals surface area contributed by atoms with E-state index < -0.39 is 16.2 Å². The molecule has 0 spiro atoms. The van der Waals surface area contributed by atoms with Crippen molar-refractivity contribution in [2.75, 3.05) is 19.6 Å². The first-order valence-electron chi connectivity index (χ1n) is 13.7. The summed E-state index contributed by atoms with van der Waals surface area (Å²) in [4.78, 5) is 19.8. The van der Waals surface area contributed by atoms with Crippen molar-refractivity contribution < 1.29 is 27.0 Å². The SMILES string of the molecule is Cc1nc2n(c(=O)c1CCN1CCC(c3noc4cc(F)ccc34)CC1)CCCC2O.O=S(=O)(O)c1ccccc1. The molecular weight excluding hydrogens is 551 g/mol. The Morgan fingerprint density at radius 2 is 1.80 bits per heavy atom. The van der Waals surface area contributed by atoms with Crippen molar-refractivity contribution >= 4 is 21.1 Å². The van der Waals surface area contributed by atoms with Gasteiger partial charge < -0.3 is 14.5 Å². The topological polar surface area (TPSA) is 139 Å². The Kier molecular flexibility index (Phi) is 8.64. The molecule has 4 heterocycles. The van der Waals surface area contributed by atoms with Gasteiger partial charge in [0.15, 0.2) is 5.58 Å². The number of fused-ring (bicyclic) bond motifs is 2. The number of aromatic nitrogens is 3. The highest BCUT2D eigenvalue weighted by Crippen LogP contribution is 2.33. The van der Waals surface area contributed by atoms with Gasteiger partial charge in [0.05, 0.1) is 10.6 Å². The first-order chi connectivity index (χ1) is 19.6. The molecule has 2 N–H and O–H groups in total. The van der Waals surface area contributed by atoms with Crippen molar-refractivity contribution in [3.05, 3.63) is 87.5 Å². The molecule has 1 saturated heterocycles. The van der Waals surface area contributed by atoms with Crippen molar-refractivity contribution in [3.63, 3.8) is 0 Å². The lowest BCUT2D eigenvalue weighted by Crippen LogP contribution is -2.37. The Labute approximate surface area is 237 Å². The summed E-state index contributed by atoms with van der Waals surface area (Å²) in [6, 6.07) is 12.0. The van der Waals surface area contributed by atoms with E-state index in [2.05, 4.69) is 15.0 Å². The van der Waals surface area contributed by atoms with Gasteiger partial charge in [-0.15, -0.1) is 0 Å². The molecule has 1 fully saturated rings. The lowest BCUT2D eigenvalue weighted by molar-refractivity contribution is 0.129. The summed E-state index contributed by atoms with van der Waals surface area (Å²) in [7, 11) is -4.00. The largest absolute Gasteiger partial charge is 0.385 e. The van der Waals surface area contributed by atoms with Crippen LogP contribution in [0.5, 0.6) is 0 Å². The molecule has 218 valence electrons. The third kappa shape index (κ3) is 6.56. The van der Waals surface area contributed by atoms with Crippen LogP contribution in [0.1, 0.15) is 60.5 Å². The summed E-state index contributed by atoms with van der Waals surface area (Å²) < 4.78 is 49.6. The number of benzene rings is 2. The third-order valence-corrected chi connectivity index (χ3v) is 8.68. The summed E-state index contributed by atoms with van der Waals surface area (Å²) >= 11 is 0. The standard InChI is InChI=1S/C23H27FN4O3.C6H6O3S/c1-14-17(23(30)28-9-2-3-19(29)22(28)25-14)8-12-27-10-6-15(7-11-27)21-18-5-4-16(24)13-20(18)31-26-21;7-10(8,9)6-4-2-1-3-5-6/h4-5,13,15,19,29H,2-3,6-12H2,1H3;1-5H,(H,7,8,9). The van der Waals surface area contributed by atoms with Crippen LogP contribution >= 0.6 is 0 Å². The van der Waals surface area contributed by atoms with E-state index in [-0.39, 0.29) is 16.3 Å². The molecular formula is C29H33FN4O6S. The van der Waals surface area contributed by atoms with Crippen LogP contribution in [0.25, 0.3) is 11.0 Å². The van der Waals surface area contributed by atoms with Crippen LogP contribution in [-0.4, -0.2) is 57.3 Å². The normalized spacial score (nSPS) is 18.1. The van der Waals surface area contributed by atoms with E-state index in [4.69, 9.17) is 9.08 Å². The molecule has 10 nitrogen and oxygen atoms in total. The highest BCUT2D eigenvalue weighted by atomic mass is 32.2. The molecule has 6 rings (SSSR count). The van der Waals surface area contributed by atoms with Crippen LogP contribution in [0.2, 0.25) is 0 Å². The first-order valence-corrected chi connectivity index (χ1v) is 15.1. The number of rotatable bonds is 5. The quantitative estimate of drug-likeness (QED) is 0.333. The Morgan fingerprint density at radius 3 is 2.49 bits per heavy atom. The highest BCUT2D eigenvalue weighted by molar-refractivity contribution is 7.85. The van der Waals surface area contributed by atoms with Gasteiger partial charge in [0.1, 0.15) is 17.7 Å². The Bertz CT molecular complexity index is 1680. The average molecular weight is 585 g/mol. The molecule has 1 atom stereocenters. The second kappa shape index (κ2) is 12.2. The maximum absolute atomic E-state index is 13.4. The monoisotopic (exact) mass is 584 g/mol. The number of likely N-dealkylation sites (tertiary alicyclic amines) is 1. The molecule has 41 heavy (non-hydrogen) atoms. The van der Waals surface area contributed by atoms with Gasteiger partial charge in [-0.3, -0.25) is 13.9 Å². The van der Waals surface area contributed by atoms with Crippen LogP contribution in [0, 0.1) is 12.7 Å². The smallest absolute Gasteiger partial charge is 0.294 e. The molecule has 0 saturated carbocycles. The van der Waals surface area contributed by atoms with Gasteiger partial charge in [0.25, 0.3) is 15.7 Å². The maximum Gasteiger partial charge on any atom is 0.294 e. The minimum absolute atomic E-state index is 0.00237. The van der Waals surface area contributed by atoms with Crippen LogP contribution in [0.4, 0.5) is 4.39 Å². The van der Waals surface area contributed by atoms with Gasteiger partial charge in [-0.25, -0.2) is 9.37 Å². The van der Waals surface area contributed by atoms with E-state index in [0.29, 0.717) is 36.7 Å². The van der Waals surface area contributed by atoms with E-state index in [1.807, 2.05) is 6.92 Å². The van der Waals surface area contributed by atoms with Crippen LogP contribution in [0.15, 0.2) is 62.7 Å². The molecule has 0 radical (unpaired) electrons. The minimum atomic E-state index is -4.00. The third-order valence-electron chi connectivity index (χ3n) is 7.81. The Balaban J connectivity index is 0.000000287. The molecule has 0 bridgehead atoms. The molecule has 2 aliphatic heterocycles. The van der Waals surface area contributed by atoms with Crippen LogP contribution in [0.3, 0.4) is 0 Å². The molecule has 12 heteroatoms. The van der Waals surface area contributed by atoms with Crippen molar-refractivity contribution in [1.29, 1.82) is 0 Å². The van der Waals surface area contributed by atoms with E-state index in [1.54, 1.807) is 28.8 Å². The summed E-state index contributed by atoms with van der Waals surface area (Å²) in [6.45, 7) is 5.13. The van der Waals surface area contributed by atoms with Gasteiger partial charge in [0, 0.05) is 41.7 Å². The van der Waals surface area contributed by atoms with Gasteiger partial charge in [-0.1, -0.05) is 23.4 Å². The van der Waals surface area contributed by atoms with Gasteiger partial charge in [0.2, 0.25) is 0 Å². The van der Waals surface area contributed by atoms with E-state index in [1.165, 1.54) is 24.3 Å². The molecule has 2 aromatic carbocycles. The zero-order chi connectivity index (χ0) is 29.1. The molecule has 1 unspecified atom stereocenters. The Morgan fingerprint density at radius 1 is 1.07 bits per heavy atom. The molecule has 0 amide bonds. The van der Waals surface area contributed by atoms with Crippen molar-refractivity contribution in [1.82, 2.24) is 19.6 Å². The zero-order valence-electron chi connectivity index (χ0n) is 22.7. The number of hydrogen-bond acceptors (Lipinski definition) is 8.